The van der Waals surface area contributed by atoms with E-state index in [1.54, 1.807) is 0 Å². The molecule has 0 bridgehead atoms. The van der Waals surface area contributed by atoms with E-state index >= 15 is 0 Å². The van der Waals surface area contributed by atoms with Crippen LogP contribution >= 0.6 is 11.8 Å². The number of benzene rings is 1. The van der Waals surface area contributed by atoms with E-state index in [0.717, 1.165) is 13.0 Å². The first-order valence-corrected chi connectivity index (χ1v) is 8.59. The van der Waals surface area contributed by atoms with Crippen LogP contribution in [-0.4, -0.2) is 41.6 Å². The highest BCUT2D eigenvalue weighted by atomic mass is 32.2. The minimum Gasteiger partial charge on any atom is -0.329 e. The van der Waals surface area contributed by atoms with Crippen molar-refractivity contribution in [3.05, 3.63) is 35.4 Å². The summed E-state index contributed by atoms with van der Waals surface area (Å²) in [4.78, 5) is 2.70. The molecule has 1 aromatic carbocycles. The second kappa shape index (κ2) is 5.86. The Morgan fingerprint density at radius 1 is 1.16 bits per heavy atom. The number of fused-ring (bicyclic) bond motifs is 1. The number of rotatable bonds is 2. The van der Waals surface area contributed by atoms with Crippen LogP contribution in [0.3, 0.4) is 0 Å². The van der Waals surface area contributed by atoms with Gasteiger partial charge in [0.05, 0.1) is 0 Å². The quantitative estimate of drug-likeness (QED) is 0.899. The van der Waals surface area contributed by atoms with E-state index in [4.69, 9.17) is 5.73 Å². The highest BCUT2D eigenvalue weighted by Gasteiger charge is 2.38. The average molecular weight is 276 g/mol. The third kappa shape index (κ3) is 2.69. The van der Waals surface area contributed by atoms with Crippen molar-refractivity contribution >= 4 is 11.8 Å². The molecule has 0 radical (unpaired) electrons. The molecule has 1 aliphatic carbocycles. The van der Waals surface area contributed by atoms with Crippen molar-refractivity contribution in [1.29, 1.82) is 0 Å². The summed E-state index contributed by atoms with van der Waals surface area (Å²) >= 11 is 2.10. The van der Waals surface area contributed by atoms with Crippen LogP contribution in [0, 0.1) is 0 Å². The molecule has 0 aromatic heterocycles. The zero-order chi connectivity index (χ0) is 13.1. The van der Waals surface area contributed by atoms with E-state index in [2.05, 4.69) is 40.9 Å². The van der Waals surface area contributed by atoms with Crippen molar-refractivity contribution in [2.24, 2.45) is 5.73 Å². The lowest BCUT2D eigenvalue weighted by atomic mass is 9.76. The van der Waals surface area contributed by atoms with Crippen molar-refractivity contribution in [2.75, 3.05) is 31.1 Å². The summed E-state index contributed by atoms with van der Waals surface area (Å²) in [5, 5.41) is 0. The molecule has 19 heavy (non-hydrogen) atoms. The second-order valence-electron chi connectivity index (χ2n) is 5.83. The molecule has 1 atom stereocenters. The van der Waals surface area contributed by atoms with Gasteiger partial charge in [-0.25, -0.2) is 0 Å². The van der Waals surface area contributed by atoms with Crippen LogP contribution in [0.15, 0.2) is 24.3 Å². The zero-order valence-corrected chi connectivity index (χ0v) is 12.4. The third-order valence-corrected chi connectivity index (χ3v) is 5.82. The van der Waals surface area contributed by atoms with Gasteiger partial charge in [-0.1, -0.05) is 24.3 Å². The molecule has 2 nitrogen and oxygen atoms in total. The Bertz CT molecular complexity index is 427. The van der Waals surface area contributed by atoms with Crippen LogP contribution in [0.4, 0.5) is 0 Å². The molecule has 1 aromatic rings. The average Bonchev–Trinajstić information content (AvgIpc) is 2.76. The van der Waals surface area contributed by atoms with Crippen molar-refractivity contribution in [1.82, 2.24) is 4.90 Å². The lowest BCUT2D eigenvalue weighted by molar-refractivity contribution is 0.0878. The molecule has 1 aliphatic heterocycles. The number of aryl methyl sites for hydroxylation is 1. The SMILES string of the molecule is NCC1(N2CCCSCC2)CCc2ccccc2C1. The molecule has 1 unspecified atom stereocenters. The van der Waals surface area contributed by atoms with Gasteiger partial charge >= 0.3 is 0 Å². The van der Waals surface area contributed by atoms with Gasteiger partial charge in [-0.15, -0.1) is 0 Å². The maximum atomic E-state index is 6.23. The van der Waals surface area contributed by atoms with Gasteiger partial charge in [-0.05, 0) is 49.1 Å². The summed E-state index contributed by atoms with van der Waals surface area (Å²) in [6, 6.07) is 8.92. The zero-order valence-electron chi connectivity index (χ0n) is 11.6. The van der Waals surface area contributed by atoms with E-state index in [1.165, 1.54) is 55.0 Å². The summed E-state index contributed by atoms with van der Waals surface area (Å²) < 4.78 is 0. The number of hydrogen-bond acceptors (Lipinski definition) is 3. The van der Waals surface area contributed by atoms with E-state index in [-0.39, 0.29) is 5.54 Å². The summed E-state index contributed by atoms with van der Waals surface area (Å²) in [7, 11) is 0. The first-order valence-electron chi connectivity index (χ1n) is 7.44. The molecule has 0 spiro atoms. The van der Waals surface area contributed by atoms with Crippen molar-refractivity contribution < 1.29 is 0 Å². The second-order valence-corrected chi connectivity index (χ2v) is 7.05. The Morgan fingerprint density at radius 3 is 2.84 bits per heavy atom. The maximum Gasteiger partial charge on any atom is 0.0375 e. The van der Waals surface area contributed by atoms with E-state index in [1.807, 2.05) is 0 Å². The molecular weight excluding hydrogens is 252 g/mol. The molecule has 1 fully saturated rings. The van der Waals surface area contributed by atoms with Gasteiger partial charge in [0.1, 0.15) is 0 Å². The number of thioether (sulfide) groups is 1. The normalized spacial score (nSPS) is 28.7. The molecule has 1 saturated heterocycles. The van der Waals surface area contributed by atoms with Crippen LogP contribution in [0.25, 0.3) is 0 Å². The van der Waals surface area contributed by atoms with Crippen LogP contribution in [-0.2, 0) is 12.8 Å². The van der Waals surface area contributed by atoms with E-state index in [0.29, 0.717) is 0 Å². The molecule has 0 amide bonds. The first kappa shape index (κ1) is 13.5. The monoisotopic (exact) mass is 276 g/mol. The smallest absolute Gasteiger partial charge is 0.0375 e. The molecule has 3 heteroatoms. The summed E-state index contributed by atoms with van der Waals surface area (Å²) in [5.41, 5.74) is 9.51. The Hall–Kier alpha value is -0.510. The van der Waals surface area contributed by atoms with Gasteiger partial charge in [0.15, 0.2) is 0 Å². The van der Waals surface area contributed by atoms with Gasteiger partial charge in [0.25, 0.3) is 0 Å². The fourth-order valence-electron chi connectivity index (χ4n) is 3.58. The van der Waals surface area contributed by atoms with Crippen molar-refractivity contribution in [2.45, 2.75) is 31.2 Å². The summed E-state index contributed by atoms with van der Waals surface area (Å²) in [5.74, 6) is 2.58. The molecule has 104 valence electrons. The standard InChI is InChI=1S/C16H24N2S/c17-13-16(18-8-3-10-19-11-9-18)7-6-14-4-1-2-5-15(14)12-16/h1-2,4-5H,3,6-13,17H2. The lowest BCUT2D eigenvalue weighted by Gasteiger charge is -2.46. The van der Waals surface area contributed by atoms with Gasteiger partial charge < -0.3 is 5.73 Å². The molecule has 0 saturated carbocycles. The lowest BCUT2D eigenvalue weighted by Crippen LogP contribution is -2.57. The number of hydrogen-bond donors (Lipinski definition) is 1. The predicted molar refractivity (Wildman–Crippen MR) is 83.8 cm³/mol. The Kier molecular flexibility index (Phi) is 4.15. The largest absolute Gasteiger partial charge is 0.329 e. The molecule has 2 aliphatic rings. The van der Waals surface area contributed by atoms with Crippen LogP contribution in [0.2, 0.25) is 0 Å². The van der Waals surface area contributed by atoms with Crippen molar-refractivity contribution in [3.63, 3.8) is 0 Å². The third-order valence-electron chi connectivity index (χ3n) is 4.77. The van der Waals surface area contributed by atoms with E-state index < -0.39 is 0 Å². The maximum absolute atomic E-state index is 6.23. The van der Waals surface area contributed by atoms with Gasteiger partial charge in [0.2, 0.25) is 0 Å². The van der Waals surface area contributed by atoms with Crippen LogP contribution < -0.4 is 5.73 Å². The Labute approximate surface area is 120 Å². The molecule has 3 rings (SSSR count). The molecule has 2 N–H and O–H groups in total. The van der Waals surface area contributed by atoms with E-state index in [9.17, 15) is 0 Å². The predicted octanol–water partition coefficient (Wildman–Crippen LogP) is 2.31. The fourth-order valence-corrected chi connectivity index (χ4v) is 4.46. The minimum absolute atomic E-state index is 0.221. The fraction of sp³-hybridized carbons (Fsp3) is 0.625. The summed E-state index contributed by atoms with van der Waals surface area (Å²) in [6.45, 7) is 3.24. The topological polar surface area (TPSA) is 29.3 Å². The number of nitrogens with zero attached hydrogens (tertiary/aromatic N) is 1. The first-order chi connectivity index (χ1) is 9.34. The highest BCUT2D eigenvalue weighted by molar-refractivity contribution is 7.99. The molecule has 1 heterocycles. The van der Waals surface area contributed by atoms with Crippen LogP contribution in [0.1, 0.15) is 24.0 Å². The number of nitrogens with two attached hydrogens (primary N) is 1. The van der Waals surface area contributed by atoms with Crippen molar-refractivity contribution in [3.8, 4) is 0 Å². The molecular formula is C16H24N2S. The van der Waals surface area contributed by atoms with Gasteiger partial charge in [-0.3, -0.25) is 4.90 Å². The van der Waals surface area contributed by atoms with Gasteiger partial charge in [0, 0.05) is 24.4 Å². The minimum atomic E-state index is 0.221. The summed E-state index contributed by atoms with van der Waals surface area (Å²) in [6.07, 6.45) is 4.88. The Morgan fingerprint density at radius 2 is 2.00 bits per heavy atom. The highest BCUT2D eigenvalue weighted by Crippen LogP contribution is 2.33. The van der Waals surface area contributed by atoms with Gasteiger partial charge in [-0.2, -0.15) is 11.8 Å². The Balaban J connectivity index is 1.84. The van der Waals surface area contributed by atoms with Crippen LogP contribution in [0.5, 0.6) is 0 Å².